The van der Waals surface area contributed by atoms with Crippen molar-refractivity contribution in [1.82, 2.24) is 4.98 Å². The zero-order chi connectivity index (χ0) is 12.4. The quantitative estimate of drug-likeness (QED) is 0.864. The highest BCUT2D eigenvalue weighted by molar-refractivity contribution is 6.42. The summed E-state index contributed by atoms with van der Waals surface area (Å²) >= 11 is 11.8. The van der Waals surface area contributed by atoms with Crippen molar-refractivity contribution in [3.8, 4) is 0 Å². The predicted molar refractivity (Wildman–Crippen MR) is 73.1 cm³/mol. The number of aromatic nitrogens is 1. The first kappa shape index (κ1) is 12.0. The third kappa shape index (κ3) is 2.81. The number of anilines is 3. The number of pyridine rings is 1. The average molecular weight is 268 g/mol. The van der Waals surface area contributed by atoms with Gasteiger partial charge in [-0.25, -0.2) is 4.98 Å². The van der Waals surface area contributed by atoms with Crippen molar-refractivity contribution in [2.24, 2.45) is 0 Å². The molecule has 0 aliphatic carbocycles. The minimum Gasteiger partial charge on any atom is -0.397 e. The van der Waals surface area contributed by atoms with Crippen LogP contribution in [-0.2, 0) is 0 Å². The van der Waals surface area contributed by atoms with Gasteiger partial charge in [0.2, 0.25) is 0 Å². The van der Waals surface area contributed by atoms with Crippen LogP contribution < -0.4 is 11.1 Å². The third-order valence-electron chi connectivity index (χ3n) is 2.28. The fourth-order valence-corrected chi connectivity index (χ4v) is 1.74. The molecule has 0 radical (unpaired) electrons. The minimum atomic E-state index is 0.504. The molecule has 17 heavy (non-hydrogen) atoms. The van der Waals surface area contributed by atoms with Crippen LogP contribution in [0, 0.1) is 6.92 Å². The smallest absolute Gasteiger partial charge is 0.133 e. The second kappa shape index (κ2) is 4.82. The number of aryl methyl sites for hydroxylation is 1. The standard InChI is InChI=1S/C12H11Cl2N3/c1-7-4-8(15)6-16-12(7)17-9-2-3-10(13)11(14)5-9/h2-6H,15H2,1H3,(H,16,17). The van der Waals surface area contributed by atoms with E-state index in [1.54, 1.807) is 18.3 Å². The summed E-state index contributed by atoms with van der Waals surface area (Å²) in [7, 11) is 0. The highest BCUT2D eigenvalue weighted by atomic mass is 35.5. The number of nitrogens with one attached hydrogen (secondary N) is 1. The van der Waals surface area contributed by atoms with Crippen LogP contribution >= 0.6 is 23.2 Å². The fourth-order valence-electron chi connectivity index (χ4n) is 1.44. The first-order chi connectivity index (χ1) is 8.06. The van der Waals surface area contributed by atoms with E-state index in [0.717, 1.165) is 17.1 Å². The lowest BCUT2D eigenvalue weighted by Gasteiger charge is -2.09. The van der Waals surface area contributed by atoms with Gasteiger partial charge in [0.15, 0.2) is 0 Å². The lowest BCUT2D eigenvalue weighted by molar-refractivity contribution is 1.26. The zero-order valence-corrected chi connectivity index (χ0v) is 10.7. The highest BCUT2D eigenvalue weighted by Gasteiger charge is 2.03. The van der Waals surface area contributed by atoms with E-state index >= 15 is 0 Å². The molecule has 2 rings (SSSR count). The van der Waals surface area contributed by atoms with Crippen molar-refractivity contribution in [3.63, 3.8) is 0 Å². The minimum absolute atomic E-state index is 0.504. The number of benzene rings is 1. The topological polar surface area (TPSA) is 50.9 Å². The summed E-state index contributed by atoms with van der Waals surface area (Å²) in [5.41, 5.74) is 8.08. The van der Waals surface area contributed by atoms with Crippen LogP contribution in [0.2, 0.25) is 10.0 Å². The third-order valence-corrected chi connectivity index (χ3v) is 3.02. The van der Waals surface area contributed by atoms with Gasteiger partial charge in [0.1, 0.15) is 5.82 Å². The van der Waals surface area contributed by atoms with Gasteiger partial charge in [-0.2, -0.15) is 0 Å². The van der Waals surface area contributed by atoms with Gasteiger partial charge in [-0.15, -0.1) is 0 Å². The van der Waals surface area contributed by atoms with E-state index in [2.05, 4.69) is 10.3 Å². The molecule has 3 nitrogen and oxygen atoms in total. The summed E-state index contributed by atoms with van der Waals surface area (Å²) in [6.07, 6.45) is 1.60. The number of nitrogen functional groups attached to an aromatic ring is 1. The maximum absolute atomic E-state index is 5.93. The molecule has 88 valence electrons. The molecule has 0 aliphatic rings. The van der Waals surface area contributed by atoms with Crippen LogP contribution in [0.15, 0.2) is 30.5 Å². The number of hydrogen-bond donors (Lipinski definition) is 2. The average Bonchev–Trinajstić information content (AvgIpc) is 2.27. The molecule has 1 aromatic heterocycles. The van der Waals surface area contributed by atoms with Crippen molar-refractivity contribution in [2.45, 2.75) is 6.92 Å². The molecule has 0 amide bonds. The number of nitrogens with zero attached hydrogens (tertiary/aromatic N) is 1. The van der Waals surface area contributed by atoms with E-state index in [1.807, 2.05) is 19.1 Å². The molecule has 0 saturated heterocycles. The number of rotatable bonds is 2. The lowest BCUT2D eigenvalue weighted by atomic mass is 10.2. The lowest BCUT2D eigenvalue weighted by Crippen LogP contribution is -1.98. The first-order valence-electron chi connectivity index (χ1n) is 5.00. The zero-order valence-electron chi connectivity index (χ0n) is 9.17. The van der Waals surface area contributed by atoms with Gasteiger partial charge in [0.05, 0.1) is 21.9 Å². The van der Waals surface area contributed by atoms with E-state index in [9.17, 15) is 0 Å². The Bertz CT molecular complexity index is 555. The van der Waals surface area contributed by atoms with Gasteiger partial charge >= 0.3 is 0 Å². The molecule has 0 fully saturated rings. The normalized spacial score (nSPS) is 10.3. The van der Waals surface area contributed by atoms with Gasteiger partial charge in [-0.1, -0.05) is 23.2 Å². The van der Waals surface area contributed by atoms with E-state index < -0.39 is 0 Å². The summed E-state index contributed by atoms with van der Waals surface area (Å²) in [5.74, 6) is 0.748. The molecule has 0 aliphatic heterocycles. The Balaban J connectivity index is 2.28. The summed E-state index contributed by atoms with van der Waals surface area (Å²) < 4.78 is 0. The Morgan fingerprint density at radius 2 is 1.94 bits per heavy atom. The summed E-state index contributed by atoms with van der Waals surface area (Å²) in [5, 5.41) is 4.19. The molecule has 2 aromatic rings. The van der Waals surface area contributed by atoms with Crippen molar-refractivity contribution in [2.75, 3.05) is 11.1 Å². The van der Waals surface area contributed by atoms with Gasteiger partial charge in [-0.05, 0) is 36.8 Å². The van der Waals surface area contributed by atoms with Crippen LogP contribution in [-0.4, -0.2) is 4.98 Å². The number of hydrogen-bond acceptors (Lipinski definition) is 3. The van der Waals surface area contributed by atoms with E-state index in [0.29, 0.717) is 15.7 Å². The Morgan fingerprint density at radius 1 is 1.18 bits per heavy atom. The molecule has 0 bridgehead atoms. The SMILES string of the molecule is Cc1cc(N)cnc1Nc1ccc(Cl)c(Cl)c1. The number of halogens is 2. The van der Waals surface area contributed by atoms with Gasteiger partial charge < -0.3 is 11.1 Å². The largest absolute Gasteiger partial charge is 0.397 e. The second-order valence-corrected chi connectivity index (χ2v) is 4.50. The molecular formula is C12H11Cl2N3. The summed E-state index contributed by atoms with van der Waals surface area (Å²) in [6.45, 7) is 1.93. The van der Waals surface area contributed by atoms with Crippen LogP contribution in [0.1, 0.15) is 5.56 Å². The monoisotopic (exact) mass is 267 g/mol. The Labute approximate surface area is 110 Å². The molecule has 1 heterocycles. The van der Waals surface area contributed by atoms with Crippen molar-refractivity contribution >= 4 is 40.4 Å². The van der Waals surface area contributed by atoms with Gasteiger partial charge in [0, 0.05) is 5.69 Å². The van der Waals surface area contributed by atoms with E-state index in [1.165, 1.54) is 0 Å². The summed E-state index contributed by atoms with van der Waals surface area (Å²) in [6, 6.07) is 7.18. The van der Waals surface area contributed by atoms with Crippen molar-refractivity contribution < 1.29 is 0 Å². The molecule has 0 unspecified atom stereocenters. The fraction of sp³-hybridized carbons (Fsp3) is 0.0833. The van der Waals surface area contributed by atoms with Crippen molar-refractivity contribution in [3.05, 3.63) is 46.1 Å². The number of nitrogens with two attached hydrogens (primary N) is 1. The predicted octanol–water partition coefficient (Wildman–Crippen LogP) is 4.02. The molecule has 0 saturated carbocycles. The first-order valence-corrected chi connectivity index (χ1v) is 5.76. The summed E-state index contributed by atoms with van der Waals surface area (Å²) in [4.78, 5) is 4.21. The molecule has 1 aromatic carbocycles. The molecule has 3 N–H and O–H groups in total. The van der Waals surface area contributed by atoms with E-state index in [-0.39, 0.29) is 0 Å². The Kier molecular flexibility index (Phi) is 3.41. The maximum Gasteiger partial charge on any atom is 0.133 e. The van der Waals surface area contributed by atoms with Crippen LogP contribution in [0.3, 0.4) is 0 Å². The molecule has 0 spiro atoms. The Hall–Kier alpha value is -1.45. The van der Waals surface area contributed by atoms with Gasteiger partial charge in [-0.3, -0.25) is 0 Å². The highest BCUT2D eigenvalue weighted by Crippen LogP contribution is 2.27. The van der Waals surface area contributed by atoms with Crippen LogP contribution in [0.25, 0.3) is 0 Å². The Morgan fingerprint density at radius 3 is 2.59 bits per heavy atom. The van der Waals surface area contributed by atoms with Crippen LogP contribution in [0.4, 0.5) is 17.2 Å². The van der Waals surface area contributed by atoms with Crippen LogP contribution in [0.5, 0.6) is 0 Å². The molecular weight excluding hydrogens is 257 g/mol. The molecule has 5 heteroatoms. The maximum atomic E-state index is 5.93. The molecule has 0 atom stereocenters. The van der Waals surface area contributed by atoms with E-state index in [4.69, 9.17) is 28.9 Å². The van der Waals surface area contributed by atoms with Crippen molar-refractivity contribution in [1.29, 1.82) is 0 Å². The van der Waals surface area contributed by atoms with Gasteiger partial charge in [0.25, 0.3) is 0 Å². The second-order valence-electron chi connectivity index (χ2n) is 3.69.